The SMILES string of the molecule is O=C(Cc1csc(-c2cccc(C(F)(F)F)c2)n1)C[C@H](C(=O)O)c1ccccc1. The minimum Gasteiger partial charge on any atom is -0.481 e. The zero-order valence-electron chi connectivity index (χ0n) is 15.0. The van der Waals surface area contributed by atoms with Crippen molar-refractivity contribution < 1.29 is 27.9 Å². The monoisotopic (exact) mass is 419 g/mol. The largest absolute Gasteiger partial charge is 0.481 e. The Balaban J connectivity index is 1.71. The number of hydrogen-bond acceptors (Lipinski definition) is 4. The summed E-state index contributed by atoms with van der Waals surface area (Å²) in [5, 5.41) is 11.4. The van der Waals surface area contributed by atoms with E-state index < -0.39 is 23.6 Å². The zero-order valence-corrected chi connectivity index (χ0v) is 15.8. The summed E-state index contributed by atoms with van der Waals surface area (Å²) in [4.78, 5) is 28.2. The van der Waals surface area contributed by atoms with Gasteiger partial charge in [0, 0.05) is 23.8 Å². The molecule has 0 unspecified atom stereocenters. The van der Waals surface area contributed by atoms with Gasteiger partial charge in [-0.05, 0) is 17.7 Å². The molecular weight excluding hydrogens is 403 g/mol. The number of halogens is 3. The van der Waals surface area contributed by atoms with Crippen LogP contribution in [0.1, 0.15) is 29.2 Å². The van der Waals surface area contributed by atoms with Gasteiger partial charge in [0.1, 0.15) is 10.8 Å². The number of carbonyl (C=O) groups excluding carboxylic acids is 1. The molecule has 1 N–H and O–H groups in total. The number of Topliss-reactive ketones (excluding diaryl/α,β-unsaturated/α-hetero) is 1. The van der Waals surface area contributed by atoms with Gasteiger partial charge >= 0.3 is 12.1 Å². The second-order valence-electron chi connectivity index (χ2n) is 6.44. The van der Waals surface area contributed by atoms with Crippen molar-refractivity contribution in [3.63, 3.8) is 0 Å². The number of benzene rings is 2. The number of hydrogen-bond donors (Lipinski definition) is 1. The van der Waals surface area contributed by atoms with Crippen molar-refractivity contribution >= 4 is 23.1 Å². The van der Waals surface area contributed by atoms with Crippen LogP contribution in [0.4, 0.5) is 13.2 Å². The third-order valence-corrected chi connectivity index (χ3v) is 5.24. The number of carboxylic acid groups (broad SMARTS) is 1. The van der Waals surface area contributed by atoms with Crippen LogP contribution in [0.3, 0.4) is 0 Å². The average molecular weight is 419 g/mol. The molecule has 2 aromatic carbocycles. The van der Waals surface area contributed by atoms with Gasteiger partial charge in [0.15, 0.2) is 0 Å². The van der Waals surface area contributed by atoms with E-state index in [0.717, 1.165) is 23.5 Å². The standard InChI is InChI=1S/C21H16F3NO3S/c22-21(23,24)15-8-4-7-14(9-15)19-25-16(12-29-19)10-17(26)11-18(20(27)28)13-5-2-1-3-6-13/h1-9,12,18H,10-11H2,(H,27,28)/t18-/m0/s1. The molecule has 0 saturated heterocycles. The van der Waals surface area contributed by atoms with Crippen LogP contribution >= 0.6 is 11.3 Å². The number of thiazole rings is 1. The predicted molar refractivity (Wildman–Crippen MR) is 103 cm³/mol. The molecule has 0 fully saturated rings. The van der Waals surface area contributed by atoms with Gasteiger partial charge in [0.2, 0.25) is 0 Å². The highest BCUT2D eigenvalue weighted by atomic mass is 32.1. The summed E-state index contributed by atoms with van der Waals surface area (Å²) in [5.74, 6) is -2.35. The number of ketones is 1. The minimum atomic E-state index is -4.45. The molecule has 0 aliphatic carbocycles. The predicted octanol–water partition coefficient (Wildman–Crippen LogP) is 5.20. The van der Waals surface area contributed by atoms with Crippen LogP contribution in [0, 0.1) is 0 Å². The maximum Gasteiger partial charge on any atom is 0.416 e. The van der Waals surface area contributed by atoms with Crippen molar-refractivity contribution in [3.05, 3.63) is 76.8 Å². The molecule has 0 aliphatic rings. The van der Waals surface area contributed by atoms with E-state index in [0.29, 0.717) is 21.8 Å². The number of carbonyl (C=O) groups is 2. The third-order valence-electron chi connectivity index (χ3n) is 4.30. The summed E-state index contributed by atoms with van der Waals surface area (Å²) >= 11 is 1.14. The molecule has 4 nitrogen and oxygen atoms in total. The van der Waals surface area contributed by atoms with E-state index in [4.69, 9.17) is 0 Å². The number of aromatic nitrogens is 1. The summed E-state index contributed by atoms with van der Waals surface area (Å²) < 4.78 is 38.6. The Hall–Kier alpha value is -3.00. The van der Waals surface area contributed by atoms with Gasteiger partial charge < -0.3 is 5.11 Å². The Morgan fingerprint density at radius 2 is 1.79 bits per heavy atom. The number of carboxylic acids is 1. The summed E-state index contributed by atoms with van der Waals surface area (Å²) in [6.07, 6.45) is -4.71. The molecule has 1 atom stereocenters. The normalized spacial score (nSPS) is 12.5. The number of alkyl halides is 3. The molecule has 1 aromatic heterocycles. The van der Waals surface area contributed by atoms with Crippen molar-refractivity contribution in [2.45, 2.75) is 24.9 Å². The Labute approximate surface area is 168 Å². The molecule has 1 heterocycles. The van der Waals surface area contributed by atoms with Crippen LogP contribution in [0.2, 0.25) is 0 Å². The van der Waals surface area contributed by atoms with E-state index in [9.17, 15) is 27.9 Å². The van der Waals surface area contributed by atoms with E-state index in [1.165, 1.54) is 12.1 Å². The molecule has 0 amide bonds. The van der Waals surface area contributed by atoms with Crippen molar-refractivity contribution in [1.29, 1.82) is 0 Å². The minimum absolute atomic E-state index is 0.0773. The van der Waals surface area contributed by atoms with Gasteiger partial charge in [-0.15, -0.1) is 11.3 Å². The van der Waals surface area contributed by atoms with E-state index in [1.54, 1.807) is 35.7 Å². The molecule has 8 heteroatoms. The summed E-state index contributed by atoms with van der Waals surface area (Å²) in [6, 6.07) is 13.3. The maximum atomic E-state index is 12.9. The lowest BCUT2D eigenvalue weighted by molar-refractivity contribution is -0.140. The lowest BCUT2D eigenvalue weighted by Gasteiger charge is -2.11. The summed E-state index contributed by atoms with van der Waals surface area (Å²) in [6.45, 7) is 0. The summed E-state index contributed by atoms with van der Waals surface area (Å²) in [7, 11) is 0. The highest BCUT2D eigenvalue weighted by Gasteiger charge is 2.30. The number of nitrogens with zero attached hydrogens (tertiary/aromatic N) is 1. The molecule has 29 heavy (non-hydrogen) atoms. The number of rotatable bonds is 7. The topological polar surface area (TPSA) is 67.3 Å². The fourth-order valence-electron chi connectivity index (χ4n) is 2.88. The van der Waals surface area contributed by atoms with Crippen molar-refractivity contribution in [2.24, 2.45) is 0 Å². The van der Waals surface area contributed by atoms with Crippen LogP contribution in [0.25, 0.3) is 10.6 Å². The lowest BCUT2D eigenvalue weighted by atomic mass is 9.93. The van der Waals surface area contributed by atoms with Crippen LogP contribution in [0.5, 0.6) is 0 Å². The molecule has 0 bridgehead atoms. The first-order valence-corrected chi connectivity index (χ1v) is 9.53. The Bertz CT molecular complexity index is 1020. The van der Waals surface area contributed by atoms with Crippen LogP contribution in [-0.4, -0.2) is 21.8 Å². The van der Waals surface area contributed by atoms with Crippen molar-refractivity contribution in [2.75, 3.05) is 0 Å². The van der Waals surface area contributed by atoms with Crippen molar-refractivity contribution in [1.82, 2.24) is 4.98 Å². The fourth-order valence-corrected chi connectivity index (χ4v) is 3.70. The van der Waals surface area contributed by atoms with Crippen LogP contribution in [-0.2, 0) is 22.2 Å². The number of aliphatic carboxylic acids is 1. The average Bonchev–Trinajstić information content (AvgIpc) is 3.14. The Kier molecular flexibility index (Phi) is 6.12. The third kappa shape index (κ3) is 5.29. The van der Waals surface area contributed by atoms with Gasteiger partial charge in [-0.1, -0.05) is 42.5 Å². The van der Waals surface area contributed by atoms with Gasteiger partial charge in [-0.2, -0.15) is 13.2 Å². The molecule has 0 aliphatic heterocycles. The van der Waals surface area contributed by atoms with Gasteiger partial charge in [-0.3, -0.25) is 9.59 Å². The Morgan fingerprint density at radius 1 is 1.07 bits per heavy atom. The fraction of sp³-hybridized carbons (Fsp3) is 0.190. The Morgan fingerprint density at radius 3 is 2.45 bits per heavy atom. The molecule has 0 spiro atoms. The second kappa shape index (κ2) is 8.57. The van der Waals surface area contributed by atoms with E-state index in [-0.39, 0.29) is 18.6 Å². The van der Waals surface area contributed by atoms with Gasteiger partial charge in [0.05, 0.1) is 17.2 Å². The van der Waals surface area contributed by atoms with Gasteiger partial charge in [0.25, 0.3) is 0 Å². The maximum absolute atomic E-state index is 12.9. The quantitative estimate of drug-likeness (QED) is 0.572. The first kappa shape index (κ1) is 20.7. The highest BCUT2D eigenvalue weighted by molar-refractivity contribution is 7.13. The molecular formula is C21H16F3NO3S. The molecule has 3 aromatic rings. The molecule has 150 valence electrons. The van der Waals surface area contributed by atoms with Crippen LogP contribution in [0.15, 0.2) is 60.0 Å². The van der Waals surface area contributed by atoms with E-state index in [2.05, 4.69) is 4.98 Å². The highest BCUT2D eigenvalue weighted by Crippen LogP contribution is 2.33. The van der Waals surface area contributed by atoms with E-state index in [1.807, 2.05) is 0 Å². The van der Waals surface area contributed by atoms with Crippen molar-refractivity contribution in [3.8, 4) is 10.6 Å². The van der Waals surface area contributed by atoms with E-state index >= 15 is 0 Å². The molecule has 3 rings (SSSR count). The summed E-state index contributed by atoms with van der Waals surface area (Å²) in [5.41, 5.74) is 0.493. The van der Waals surface area contributed by atoms with Crippen LogP contribution < -0.4 is 0 Å². The second-order valence-corrected chi connectivity index (χ2v) is 7.30. The zero-order chi connectivity index (χ0) is 21.0. The van der Waals surface area contributed by atoms with Gasteiger partial charge in [-0.25, -0.2) is 4.98 Å². The molecule has 0 radical (unpaired) electrons. The molecule has 0 saturated carbocycles. The lowest BCUT2D eigenvalue weighted by Crippen LogP contribution is -2.17. The first-order chi connectivity index (χ1) is 13.7. The first-order valence-electron chi connectivity index (χ1n) is 8.65. The smallest absolute Gasteiger partial charge is 0.416 e.